The number of nitrogens with zero attached hydrogens (tertiary/aromatic N) is 1. The summed E-state index contributed by atoms with van der Waals surface area (Å²) in [5.74, 6) is -3.34. The monoisotopic (exact) mass is 317 g/mol. The van der Waals surface area contributed by atoms with Crippen LogP contribution in [-0.2, 0) is 14.6 Å². The van der Waals surface area contributed by atoms with E-state index in [1.807, 2.05) is 0 Å². The van der Waals surface area contributed by atoms with E-state index in [0.717, 1.165) is 12.1 Å². The molecule has 0 aromatic heterocycles. The molecule has 0 aliphatic rings. The molecule has 0 spiro atoms. The molecule has 1 rings (SSSR count). The van der Waals surface area contributed by atoms with E-state index in [1.165, 1.54) is 25.9 Å². The summed E-state index contributed by atoms with van der Waals surface area (Å²) in [5.41, 5.74) is -0.778. The molecule has 0 saturated carbocycles. The zero-order chi connectivity index (χ0) is 16.4. The molecule has 21 heavy (non-hydrogen) atoms. The third-order valence-electron chi connectivity index (χ3n) is 2.90. The van der Waals surface area contributed by atoms with E-state index >= 15 is 0 Å². The van der Waals surface area contributed by atoms with Crippen molar-refractivity contribution in [1.82, 2.24) is 4.90 Å². The molecule has 0 fully saturated rings. The van der Waals surface area contributed by atoms with Gasteiger partial charge in [-0.2, -0.15) is 0 Å². The van der Waals surface area contributed by atoms with Crippen LogP contribution in [0, 0.1) is 12.7 Å². The summed E-state index contributed by atoms with van der Waals surface area (Å²) in [6.07, 6.45) is -0.228. The van der Waals surface area contributed by atoms with Gasteiger partial charge in [-0.05, 0) is 24.6 Å². The second-order valence-corrected chi connectivity index (χ2v) is 6.87. The fraction of sp³-hybridized carbons (Fsp3) is 0.385. The Bertz CT molecular complexity index is 682. The molecule has 0 atom stereocenters. The number of carboxylic acid groups (broad SMARTS) is 1. The summed E-state index contributed by atoms with van der Waals surface area (Å²) >= 11 is 0. The van der Waals surface area contributed by atoms with Gasteiger partial charge in [0, 0.05) is 20.5 Å². The first-order valence-electron chi connectivity index (χ1n) is 6.02. The third kappa shape index (κ3) is 4.01. The minimum atomic E-state index is -3.86. The van der Waals surface area contributed by atoms with Gasteiger partial charge in [0.2, 0.25) is 5.91 Å². The molecule has 1 amide bonds. The lowest BCUT2D eigenvalue weighted by atomic mass is 10.1. The summed E-state index contributed by atoms with van der Waals surface area (Å²) in [4.78, 5) is 23.3. The van der Waals surface area contributed by atoms with Crippen molar-refractivity contribution in [2.24, 2.45) is 0 Å². The molecule has 1 aromatic rings. The van der Waals surface area contributed by atoms with Gasteiger partial charge in [-0.15, -0.1) is 0 Å². The summed E-state index contributed by atoms with van der Waals surface area (Å²) in [7, 11) is -0.863. The zero-order valence-electron chi connectivity index (χ0n) is 11.9. The van der Waals surface area contributed by atoms with Crippen molar-refractivity contribution in [2.75, 3.05) is 19.8 Å². The molecular formula is C13H16FNO5S. The highest BCUT2D eigenvalue weighted by Gasteiger charge is 2.22. The van der Waals surface area contributed by atoms with Crippen LogP contribution in [0.25, 0.3) is 0 Å². The first-order valence-corrected chi connectivity index (χ1v) is 7.68. The number of carbonyl (C=O) groups is 2. The van der Waals surface area contributed by atoms with Gasteiger partial charge in [0.25, 0.3) is 0 Å². The van der Waals surface area contributed by atoms with E-state index in [4.69, 9.17) is 5.11 Å². The van der Waals surface area contributed by atoms with E-state index in [1.54, 1.807) is 0 Å². The maximum atomic E-state index is 13.6. The zero-order valence-corrected chi connectivity index (χ0v) is 12.7. The SMILES string of the molecule is Cc1cc(S(=O)(=O)CCC(=O)N(C)C)cc(C(=O)O)c1F. The largest absolute Gasteiger partial charge is 0.478 e. The lowest BCUT2D eigenvalue weighted by molar-refractivity contribution is -0.128. The van der Waals surface area contributed by atoms with Crippen LogP contribution in [0.4, 0.5) is 4.39 Å². The number of hydrogen-bond donors (Lipinski definition) is 1. The second kappa shape index (κ2) is 6.21. The van der Waals surface area contributed by atoms with Gasteiger partial charge in [0.15, 0.2) is 9.84 Å². The summed E-state index contributed by atoms with van der Waals surface area (Å²) in [6, 6.07) is 1.84. The van der Waals surface area contributed by atoms with Crippen LogP contribution < -0.4 is 0 Å². The molecule has 1 aromatic carbocycles. The van der Waals surface area contributed by atoms with Crippen LogP contribution in [0.5, 0.6) is 0 Å². The number of rotatable bonds is 5. The number of halogens is 1. The fourth-order valence-corrected chi connectivity index (χ4v) is 2.97. The highest BCUT2D eigenvalue weighted by molar-refractivity contribution is 7.91. The van der Waals surface area contributed by atoms with Gasteiger partial charge in [-0.25, -0.2) is 17.6 Å². The predicted octanol–water partition coefficient (Wildman–Crippen LogP) is 1.08. The molecule has 0 bridgehead atoms. The van der Waals surface area contributed by atoms with Crippen LogP contribution >= 0.6 is 0 Å². The molecule has 0 heterocycles. The third-order valence-corrected chi connectivity index (χ3v) is 4.60. The Morgan fingerprint density at radius 1 is 1.29 bits per heavy atom. The summed E-state index contributed by atoms with van der Waals surface area (Å²) in [5, 5.41) is 8.88. The molecule has 0 saturated heterocycles. The number of aryl methyl sites for hydroxylation is 1. The van der Waals surface area contributed by atoms with E-state index in [-0.39, 0.29) is 22.8 Å². The summed E-state index contributed by atoms with van der Waals surface area (Å²) in [6.45, 7) is 1.28. The van der Waals surface area contributed by atoms with Crippen molar-refractivity contribution in [3.8, 4) is 0 Å². The molecule has 8 heteroatoms. The van der Waals surface area contributed by atoms with E-state index in [0.29, 0.717) is 0 Å². The second-order valence-electron chi connectivity index (χ2n) is 4.76. The van der Waals surface area contributed by atoms with Crippen molar-refractivity contribution >= 4 is 21.7 Å². The quantitative estimate of drug-likeness (QED) is 0.821. The number of carboxylic acids is 1. The van der Waals surface area contributed by atoms with E-state index < -0.39 is 32.9 Å². The van der Waals surface area contributed by atoms with Crippen LogP contribution in [0.2, 0.25) is 0 Å². The van der Waals surface area contributed by atoms with Gasteiger partial charge in [0.1, 0.15) is 5.82 Å². The minimum absolute atomic E-state index is 0.0765. The first kappa shape index (κ1) is 17.1. The van der Waals surface area contributed by atoms with Crippen molar-refractivity contribution in [2.45, 2.75) is 18.2 Å². The average Bonchev–Trinajstić information content (AvgIpc) is 2.38. The minimum Gasteiger partial charge on any atom is -0.478 e. The van der Waals surface area contributed by atoms with Crippen LogP contribution in [0.1, 0.15) is 22.3 Å². The Hall–Kier alpha value is -1.96. The molecular weight excluding hydrogens is 301 g/mol. The van der Waals surface area contributed by atoms with Gasteiger partial charge in [0.05, 0.1) is 16.2 Å². The Morgan fingerprint density at radius 3 is 2.33 bits per heavy atom. The molecule has 116 valence electrons. The molecule has 0 aliphatic carbocycles. The van der Waals surface area contributed by atoms with Gasteiger partial charge >= 0.3 is 5.97 Å². The normalized spacial score (nSPS) is 11.2. The Morgan fingerprint density at radius 2 is 1.86 bits per heavy atom. The number of carbonyl (C=O) groups excluding carboxylic acids is 1. The number of sulfone groups is 1. The number of hydrogen-bond acceptors (Lipinski definition) is 4. The highest BCUT2D eigenvalue weighted by atomic mass is 32.2. The predicted molar refractivity (Wildman–Crippen MR) is 73.5 cm³/mol. The average molecular weight is 317 g/mol. The van der Waals surface area contributed by atoms with Crippen LogP contribution in [0.3, 0.4) is 0 Å². The molecule has 0 radical (unpaired) electrons. The van der Waals surface area contributed by atoms with E-state index in [9.17, 15) is 22.4 Å². The van der Waals surface area contributed by atoms with Gasteiger partial charge in [-0.3, -0.25) is 4.79 Å². The van der Waals surface area contributed by atoms with Crippen LogP contribution in [-0.4, -0.2) is 50.1 Å². The standard InChI is InChI=1S/C13H16FNO5S/c1-8-6-9(7-10(12(8)14)13(17)18)21(19,20)5-4-11(16)15(2)3/h6-7H,4-5H2,1-3H3,(H,17,18). The van der Waals surface area contributed by atoms with Gasteiger partial charge < -0.3 is 10.0 Å². The Balaban J connectivity index is 3.15. The molecule has 1 N–H and O–H groups in total. The van der Waals surface area contributed by atoms with Gasteiger partial charge in [-0.1, -0.05) is 0 Å². The number of aromatic carboxylic acids is 1. The lowest BCUT2D eigenvalue weighted by Crippen LogP contribution is -2.24. The fourth-order valence-electron chi connectivity index (χ4n) is 1.63. The first-order chi connectivity index (χ1) is 9.56. The molecule has 0 unspecified atom stereocenters. The maximum Gasteiger partial charge on any atom is 0.338 e. The van der Waals surface area contributed by atoms with Crippen molar-refractivity contribution in [1.29, 1.82) is 0 Å². The van der Waals surface area contributed by atoms with E-state index in [2.05, 4.69) is 0 Å². The van der Waals surface area contributed by atoms with Crippen molar-refractivity contribution in [3.05, 3.63) is 29.1 Å². The summed E-state index contributed by atoms with van der Waals surface area (Å²) < 4.78 is 37.8. The van der Waals surface area contributed by atoms with Crippen molar-refractivity contribution in [3.63, 3.8) is 0 Å². The smallest absolute Gasteiger partial charge is 0.338 e. The topological polar surface area (TPSA) is 91.8 Å². The highest BCUT2D eigenvalue weighted by Crippen LogP contribution is 2.21. The molecule has 0 aliphatic heterocycles. The van der Waals surface area contributed by atoms with Crippen LogP contribution in [0.15, 0.2) is 17.0 Å². The Kier molecular flexibility index (Phi) is 5.06. The number of benzene rings is 1. The number of amides is 1. The lowest BCUT2D eigenvalue weighted by Gasteiger charge is -2.11. The molecule has 6 nitrogen and oxygen atoms in total. The maximum absolute atomic E-state index is 13.6. The van der Waals surface area contributed by atoms with Crippen molar-refractivity contribution < 1.29 is 27.5 Å². The Labute approximate surface area is 122 Å².